The van der Waals surface area contributed by atoms with E-state index in [1.807, 2.05) is 13.8 Å². The third kappa shape index (κ3) is 6.54. The molecule has 0 aliphatic carbocycles. The van der Waals surface area contributed by atoms with Crippen LogP contribution in [0.2, 0.25) is 0 Å². The SMILES string of the molecule is CCC(N)CC(=O)NC(C)COC. The van der Waals surface area contributed by atoms with Crippen molar-refractivity contribution in [1.82, 2.24) is 5.32 Å². The molecule has 4 nitrogen and oxygen atoms in total. The van der Waals surface area contributed by atoms with E-state index in [1.165, 1.54) is 0 Å². The molecule has 0 bridgehead atoms. The van der Waals surface area contributed by atoms with E-state index in [9.17, 15) is 4.79 Å². The van der Waals surface area contributed by atoms with Gasteiger partial charge in [0, 0.05) is 25.6 Å². The van der Waals surface area contributed by atoms with Crippen molar-refractivity contribution in [2.75, 3.05) is 13.7 Å². The average Bonchev–Trinajstić information content (AvgIpc) is 2.04. The Kier molecular flexibility index (Phi) is 6.54. The lowest BCUT2D eigenvalue weighted by molar-refractivity contribution is -0.122. The second-order valence-electron chi connectivity index (χ2n) is 3.30. The third-order valence-corrected chi connectivity index (χ3v) is 1.80. The molecular weight excluding hydrogens is 168 g/mol. The summed E-state index contributed by atoms with van der Waals surface area (Å²) in [6, 6.07) is 0.0244. The van der Waals surface area contributed by atoms with Crippen molar-refractivity contribution in [2.24, 2.45) is 5.73 Å². The number of methoxy groups -OCH3 is 1. The van der Waals surface area contributed by atoms with Crippen LogP contribution < -0.4 is 11.1 Å². The van der Waals surface area contributed by atoms with Crippen molar-refractivity contribution < 1.29 is 9.53 Å². The highest BCUT2D eigenvalue weighted by Gasteiger charge is 2.09. The lowest BCUT2D eigenvalue weighted by atomic mass is 10.1. The zero-order chi connectivity index (χ0) is 10.3. The molecule has 0 fully saturated rings. The highest BCUT2D eigenvalue weighted by Crippen LogP contribution is 1.94. The topological polar surface area (TPSA) is 64.4 Å². The normalized spacial score (nSPS) is 15.1. The van der Waals surface area contributed by atoms with Crippen LogP contribution >= 0.6 is 0 Å². The number of nitrogens with one attached hydrogen (secondary N) is 1. The maximum Gasteiger partial charge on any atom is 0.221 e. The fourth-order valence-electron chi connectivity index (χ4n) is 1.01. The molecule has 0 aromatic carbocycles. The highest BCUT2D eigenvalue weighted by molar-refractivity contribution is 5.76. The van der Waals surface area contributed by atoms with Gasteiger partial charge in [-0.15, -0.1) is 0 Å². The molecule has 2 atom stereocenters. The maximum absolute atomic E-state index is 11.3. The van der Waals surface area contributed by atoms with Gasteiger partial charge < -0.3 is 15.8 Å². The fraction of sp³-hybridized carbons (Fsp3) is 0.889. The average molecular weight is 188 g/mol. The van der Waals surface area contributed by atoms with E-state index in [-0.39, 0.29) is 18.0 Å². The Hall–Kier alpha value is -0.610. The van der Waals surface area contributed by atoms with E-state index in [2.05, 4.69) is 5.32 Å². The predicted octanol–water partition coefficient (Wildman–Crippen LogP) is 0.265. The fourth-order valence-corrected chi connectivity index (χ4v) is 1.01. The Labute approximate surface area is 79.8 Å². The van der Waals surface area contributed by atoms with Crippen molar-refractivity contribution in [3.8, 4) is 0 Å². The smallest absolute Gasteiger partial charge is 0.221 e. The molecule has 1 amide bonds. The molecule has 0 radical (unpaired) electrons. The monoisotopic (exact) mass is 188 g/mol. The van der Waals surface area contributed by atoms with E-state index in [0.717, 1.165) is 6.42 Å². The minimum atomic E-state index is -0.0326. The summed E-state index contributed by atoms with van der Waals surface area (Å²) < 4.78 is 4.89. The molecule has 0 spiro atoms. The number of rotatable bonds is 6. The van der Waals surface area contributed by atoms with Gasteiger partial charge >= 0.3 is 0 Å². The summed E-state index contributed by atoms with van der Waals surface area (Å²) in [5, 5.41) is 2.80. The molecular formula is C9H20N2O2. The maximum atomic E-state index is 11.3. The first kappa shape index (κ1) is 12.4. The Morgan fingerprint density at radius 2 is 2.23 bits per heavy atom. The van der Waals surface area contributed by atoms with Crippen LogP contribution in [-0.2, 0) is 9.53 Å². The van der Waals surface area contributed by atoms with Gasteiger partial charge in [0.15, 0.2) is 0 Å². The summed E-state index contributed by atoms with van der Waals surface area (Å²) in [7, 11) is 1.61. The summed E-state index contributed by atoms with van der Waals surface area (Å²) in [6.07, 6.45) is 1.22. The second kappa shape index (κ2) is 6.86. The summed E-state index contributed by atoms with van der Waals surface area (Å²) in [5.41, 5.74) is 5.63. The highest BCUT2D eigenvalue weighted by atomic mass is 16.5. The van der Waals surface area contributed by atoms with Crippen LogP contribution in [0.3, 0.4) is 0 Å². The molecule has 13 heavy (non-hydrogen) atoms. The minimum Gasteiger partial charge on any atom is -0.383 e. The standard InChI is InChI=1S/C9H20N2O2/c1-4-8(10)5-9(12)11-7(2)6-13-3/h7-8H,4-6,10H2,1-3H3,(H,11,12). The zero-order valence-electron chi connectivity index (χ0n) is 8.67. The Morgan fingerprint density at radius 3 is 2.69 bits per heavy atom. The van der Waals surface area contributed by atoms with E-state index < -0.39 is 0 Å². The molecule has 0 rings (SSSR count). The van der Waals surface area contributed by atoms with Crippen molar-refractivity contribution >= 4 is 5.91 Å². The van der Waals surface area contributed by atoms with Crippen LogP contribution in [0.15, 0.2) is 0 Å². The van der Waals surface area contributed by atoms with Gasteiger partial charge in [0.2, 0.25) is 5.91 Å². The number of carbonyl (C=O) groups is 1. The first-order valence-electron chi connectivity index (χ1n) is 4.64. The lowest BCUT2D eigenvalue weighted by Gasteiger charge is -2.14. The first-order chi connectivity index (χ1) is 6.10. The van der Waals surface area contributed by atoms with Crippen molar-refractivity contribution in [3.63, 3.8) is 0 Å². The van der Waals surface area contributed by atoms with Crippen LogP contribution in [0.5, 0.6) is 0 Å². The zero-order valence-corrected chi connectivity index (χ0v) is 8.67. The summed E-state index contributed by atoms with van der Waals surface area (Å²) in [6.45, 7) is 4.41. The molecule has 78 valence electrons. The van der Waals surface area contributed by atoms with Crippen molar-refractivity contribution in [3.05, 3.63) is 0 Å². The van der Waals surface area contributed by atoms with Gasteiger partial charge in [-0.05, 0) is 13.3 Å². The molecule has 0 saturated carbocycles. The summed E-state index contributed by atoms with van der Waals surface area (Å²) in [5.74, 6) is -0.00102. The van der Waals surface area contributed by atoms with Crippen molar-refractivity contribution in [1.29, 1.82) is 0 Å². The van der Waals surface area contributed by atoms with Gasteiger partial charge in [-0.25, -0.2) is 0 Å². The molecule has 0 heterocycles. The Morgan fingerprint density at radius 1 is 1.62 bits per heavy atom. The molecule has 2 unspecified atom stereocenters. The molecule has 0 saturated heterocycles. The third-order valence-electron chi connectivity index (χ3n) is 1.80. The molecule has 0 aliphatic heterocycles. The molecule has 0 aromatic rings. The van der Waals surface area contributed by atoms with E-state index in [0.29, 0.717) is 13.0 Å². The predicted molar refractivity (Wildman–Crippen MR) is 52.4 cm³/mol. The molecule has 3 N–H and O–H groups in total. The van der Waals surface area contributed by atoms with Gasteiger partial charge in [0.1, 0.15) is 0 Å². The van der Waals surface area contributed by atoms with E-state index >= 15 is 0 Å². The number of amides is 1. The number of hydrogen-bond donors (Lipinski definition) is 2. The largest absolute Gasteiger partial charge is 0.383 e. The van der Waals surface area contributed by atoms with Gasteiger partial charge in [0.05, 0.1) is 6.61 Å². The number of ether oxygens (including phenoxy) is 1. The Bertz CT molecular complexity index is 151. The molecule has 0 aliphatic rings. The van der Waals surface area contributed by atoms with Gasteiger partial charge in [0.25, 0.3) is 0 Å². The van der Waals surface area contributed by atoms with E-state index in [1.54, 1.807) is 7.11 Å². The first-order valence-corrected chi connectivity index (χ1v) is 4.64. The summed E-state index contributed by atoms with van der Waals surface area (Å²) >= 11 is 0. The van der Waals surface area contributed by atoms with Crippen LogP contribution in [0.1, 0.15) is 26.7 Å². The minimum absolute atomic E-state index is 0.00102. The lowest BCUT2D eigenvalue weighted by Crippen LogP contribution is -2.38. The van der Waals surface area contributed by atoms with Crippen LogP contribution in [0.25, 0.3) is 0 Å². The van der Waals surface area contributed by atoms with Crippen molar-refractivity contribution in [2.45, 2.75) is 38.8 Å². The number of hydrogen-bond acceptors (Lipinski definition) is 3. The quantitative estimate of drug-likeness (QED) is 0.628. The molecule has 4 heteroatoms. The number of carbonyl (C=O) groups excluding carboxylic acids is 1. The summed E-state index contributed by atoms with van der Waals surface area (Å²) in [4.78, 5) is 11.3. The van der Waals surface area contributed by atoms with Gasteiger partial charge in [-0.3, -0.25) is 4.79 Å². The molecule has 0 aromatic heterocycles. The Balaban J connectivity index is 3.61. The van der Waals surface area contributed by atoms with Gasteiger partial charge in [-0.1, -0.05) is 6.92 Å². The van der Waals surface area contributed by atoms with Crippen LogP contribution in [0.4, 0.5) is 0 Å². The van der Waals surface area contributed by atoms with E-state index in [4.69, 9.17) is 10.5 Å². The number of nitrogens with two attached hydrogens (primary N) is 1. The second-order valence-corrected chi connectivity index (χ2v) is 3.30. The van der Waals surface area contributed by atoms with Gasteiger partial charge in [-0.2, -0.15) is 0 Å². The van der Waals surface area contributed by atoms with Crippen LogP contribution in [0, 0.1) is 0 Å². The van der Waals surface area contributed by atoms with Crippen LogP contribution in [-0.4, -0.2) is 31.7 Å².